The van der Waals surface area contributed by atoms with E-state index in [1.165, 1.54) is 0 Å². The number of allylic oxidation sites excluding steroid dienone is 2. The second-order valence-corrected chi connectivity index (χ2v) is 6.70. The number of hydrogen-bond donors (Lipinski definition) is 2. The van der Waals surface area contributed by atoms with Crippen molar-refractivity contribution in [2.45, 2.75) is 6.92 Å². The first-order chi connectivity index (χ1) is 13.0. The van der Waals surface area contributed by atoms with E-state index in [0.717, 1.165) is 22.9 Å². The summed E-state index contributed by atoms with van der Waals surface area (Å²) < 4.78 is 5.06. The Morgan fingerprint density at radius 2 is 1.78 bits per heavy atom. The van der Waals surface area contributed by atoms with Crippen molar-refractivity contribution in [1.82, 2.24) is 0 Å². The molecule has 0 aliphatic rings. The molecule has 0 fully saturated rings. The molecule has 0 heterocycles. The van der Waals surface area contributed by atoms with Gasteiger partial charge in [0.25, 0.3) is 0 Å². The first kappa shape index (κ1) is 20.3. The molecule has 0 radical (unpaired) electrons. The summed E-state index contributed by atoms with van der Waals surface area (Å²) in [5.41, 5.74) is 2.40. The van der Waals surface area contributed by atoms with Crippen LogP contribution >= 0.6 is 11.8 Å². The van der Waals surface area contributed by atoms with E-state index in [2.05, 4.69) is 5.32 Å². The Morgan fingerprint density at radius 3 is 2.37 bits per heavy atom. The molecule has 0 aromatic heterocycles. The molecule has 1 amide bonds. The minimum atomic E-state index is -1.06. The molecule has 0 unspecified atom stereocenters. The quantitative estimate of drug-likeness (QED) is 0.521. The second kappa shape index (κ2) is 10.2. The second-order valence-electron chi connectivity index (χ2n) is 5.68. The number of anilines is 1. The maximum atomic E-state index is 12.1. The number of carboxylic acid groups (broad SMARTS) is 1. The van der Waals surface area contributed by atoms with Crippen LogP contribution < -0.4 is 10.1 Å². The van der Waals surface area contributed by atoms with Crippen LogP contribution in [0.4, 0.5) is 5.69 Å². The van der Waals surface area contributed by atoms with E-state index in [9.17, 15) is 14.7 Å². The lowest BCUT2D eigenvalue weighted by Crippen LogP contribution is -2.15. The van der Waals surface area contributed by atoms with Crippen molar-refractivity contribution in [3.63, 3.8) is 0 Å². The van der Waals surface area contributed by atoms with Crippen LogP contribution in [0.15, 0.2) is 71.2 Å². The fourth-order valence-corrected chi connectivity index (χ4v) is 2.99. The predicted molar refractivity (Wildman–Crippen MR) is 110 cm³/mol. The first-order valence-corrected chi connectivity index (χ1v) is 9.21. The minimum Gasteiger partial charge on any atom is -0.497 e. The number of carbonyl (C=O) groups is 2. The minimum absolute atomic E-state index is 0.00276. The van der Waals surface area contributed by atoms with Gasteiger partial charge in [0.1, 0.15) is 5.75 Å². The zero-order chi connectivity index (χ0) is 19.6. The van der Waals surface area contributed by atoms with Gasteiger partial charge in [-0.2, -0.15) is 0 Å². The topological polar surface area (TPSA) is 75.6 Å². The highest BCUT2D eigenvalue weighted by molar-refractivity contribution is 8.04. The van der Waals surface area contributed by atoms with Gasteiger partial charge in [0.05, 0.1) is 17.8 Å². The predicted octanol–water partition coefficient (Wildman–Crippen LogP) is 4.44. The van der Waals surface area contributed by atoms with Gasteiger partial charge < -0.3 is 15.2 Å². The zero-order valence-corrected chi connectivity index (χ0v) is 16.0. The van der Waals surface area contributed by atoms with Gasteiger partial charge in [0, 0.05) is 5.69 Å². The number of aliphatic carboxylic acids is 1. The molecule has 0 atom stereocenters. The fraction of sp³-hybridized carbons (Fsp3) is 0.143. The van der Waals surface area contributed by atoms with Crippen molar-refractivity contribution >= 4 is 35.4 Å². The van der Waals surface area contributed by atoms with Crippen molar-refractivity contribution in [1.29, 1.82) is 0 Å². The highest BCUT2D eigenvalue weighted by Gasteiger charge is 2.11. The lowest BCUT2D eigenvalue weighted by molar-refractivity contribution is -0.131. The fourth-order valence-electron chi connectivity index (χ4n) is 2.24. The molecule has 27 heavy (non-hydrogen) atoms. The number of thioether (sulfide) groups is 1. The summed E-state index contributed by atoms with van der Waals surface area (Å²) in [4.78, 5) is 23.7. The van der Waals surface area contributed by atoms with Crippen LogP contribution in [-0.2, 0) is 9.59 Å². The van der Waals surface area contributed by atoms with E-state index in [0.29, 0.717) is 11.4 Å². The van der Waals surface area contributed by atoms with E-state index >= 15 is 0 Å². The van der Waals surface area contributed by atoms with E-state index in [1.807, 2.05) is 43.3 Å². The van der Waals surface area contributed by atoms with Gasteiger partial charge in [-0.25, -0.2) is 4.79 Å². The highest BCUT2D eigenvalue weighted by Crippen LogP contribution is 2.20. The summed E-state index contributed by atoms with van der Waals surface area (Å²) in [5, 5.41) is 12.1. The Bertz CT molecular complexity index is 842. The molecule has 140 valence electrons. The average Bonchev–Trinajstić information content (AvgIpc) is 2.66. The number of rotatable bonds is 8. The van der Waals surface area contributed by atoms with E-state index in [-0.39, 0.29) is 16.6 Å². The van der Waals surface area contributed by atoms with Gasteiger partial charge >= 0.3 is 5.97 Å². The zero-order valence-electron chi connectivity index (χ0n) is 15.1. The van der Waals surface area contributed by atoms with Crippen molar-refractivity contribution in [2.75, 3.05) is 18.2 Å². The summed E-state index contributed by atoms with van der Waals surface area (Å²) in [7, 11) is 1.57. The summed E-state index contributed by atoms with van der Waals surface area (Å²) in [6.07, 6.45) is 3.46. The van der Waals surface area contributed by atoms with Crippen LogP contribution in [0, 0.1) is 0 Å². The lowest BCUT2D eigenvalue weighted by atomic mass is 10.1. The lowest BCUT2D eigenvalue weighted by Gasteiger charge is -2.07. The Hall–Kier alpha value is -2.99. The number of ether oxygens (including phenoxy) is 1. The van der Waals surface area contributed by atoms with E-state index < -0.39 is 5.97 Å². The molecular weight excluding hydrogens is 362 g/mol. The number of carboxylic acids is 1. The Kier molecular flexibility index (Phi) is 7.70. The molecule has 2 N–H and O–H groups in total. The summed E-state index contributed by atoms with van der Waals surface area (Å²) in [6, 6.07) is 16.6. The third-order valence-electron chi connectivity index (χ3n) is 3.50. The molecule has 0 saturated heterocycles. The third-order valence-corrected chi connectivity index (χ3v) is 4.51. The molecule has 5 nitrogen and oxygen atoms in total. The third kappa shape index (κ3) is 7.03. The van der Waals surface area contributed by atoms with E-state index in [1.54, 1.807) is 37.5 Å². The van der Waals surface area contributed by atoms with Crippen molar-refractivity contribution in [3.8, 4) is 5.75 Å². The number of methoxy groups -OCH3 is 1. The SMILES string of the molecule is COc1ccc(NC(=O)CS/C(=C/C(C)=C/c2ccccc2)C(=O)O)cc1. The number of hydrogen-bond acceptors (Lipinski definition) is 4. The van der Waals surface area contributed by atoms with Crippen LogP contribution in [-0.4, -0.2) is 29.8 Å². The van der Waals surface area contributed by atoms with Crippen LogP contribution in [0.1, 0.15) is 12.5 Å². The Labute approximate surface area is 162 Å². The van der Waals surface area contributed by atoms with Gasteiger partial charge in [-0.15, -0.1) is 11.8 Å². The van der Waals surface area contributed by atoms with Gasteiger partial charge in [-0.3, -0.25) is 4.79 Å². The molecule has 2 rings (SSSR count). The van der Waals surface area contributed by atoms with Crippen LogP contribution in [0.3, 0.4) is 0 Å². The molecule has 6 heteroatoms. The number of amides is 1. The molecule has 2 aromatic rings. The standard InChI is InChI=1S/C21H21NO4S/c1-15(12-16-6-4-3-5-7-16)13-19(21(24)25)27-14-20(23)22-17-8-10-18(26-2)11-9-17/h3-13H,14H2,1-2H3,(H,22,23)(H,24,25)/b15-12+,19-13+. The smallest absolute Gasteiger partial charge is 0.342 e. The van der Waals surface area contributed by atoms with Crippen molar-refractivity contribution < 1.29 is 19.4 Å². The average molecular weight is 383 g/mol. The van der Waals surface area contributed by atoms with Crippen LogP contribution in [0.2, 0.25) is 0 Å². The normalized spacial score (nSPS) is 11.8. The number of nitrogens with one attached hydrogen (secondary N) is 1. The Balaban J connectivity index is 1.97. The molecule has 0 spiro atoms. The summed E-state index contributed by atoms with van der Waals surface area (Å²) in [6.45, 7) is 1.83. The number of benzene rings is 2. The van der Waals surface area contributed by atoms with Gasteiger partial charge in [-0.1, -0.05) is 36.4 Å². The highest BCUT2D eigenvalue weighted by atomic mass is 32.2. The molecular formula is C21H21NO4S. The Morgan fingerprint density at radius 1 is 1.11 bits per heavy atom. The van der Waals surface area contributed by atoms with Gasteiger partial charge in [0.2, 0.25) is 5.91 Å². The van der Waals surface area contributed by atoms with Crippen molar-refractivity contribution in [2.24, 2.45) is 0 Å². The largest absolute Gasteiger partial charge is 0.497 e. The maximum Gasteiger partial charge on any atom is 0.342 e. The van der Waals surface area contributed by atoms with Crippen molar-refractivity contribution in [3.05, 3.63) is 76.7 Å². The molecule has 0 bridgehead atoms. The maximum absolute atomic E-state index is 12.1. The van der Waals surface area contributed by atoms with Gasteiger partial charge in [-0.05, 0) is 48.4 Å². The van der Waals surface area contributed by atoms with Gasteiger partial charge in [0.15, 0.2) is 0 Å². The first-order valence-electron chi connectivity index (χ1n) is 8.23. The monoisotopic (exact) mass is 383 g/mol. The summed E-state index contributed by atoms with van der Waals surface area (Å²) >= 11 is 0.988. The summed E-state index contributed by atoms with van der Waals surface area (Å²) in [5.74, 6) is -0.637. The molecule has 2 aromatic carbocycles. The van der Waals surface area contributed by atoms with Crippen LogP contribution in [0.25, 0.3) is 6.08 Å². The number of carbonyl (C=O) groups excluding carboxylic acids is 1. The molecule has 0 aliphatic heterocycles. The molecule has 0 aliphatic carbocycles. The van der Waals surface area contributed by atoms with Crippen LogP contribution in [0.5, 0.6) is 5.75 Å². The van der Waals surface area contributed by atoms with E-state index in [4.69, 9.17) is 4.74 Å². The molecule has 0 saturated carbocycles.